The van der Waals surface area contributed by atoms with Gasteiger partial charge < -0.3 is 0 Å². The third-order valence-corrected chi connectivity index (χ3v) is 0.558. The van der Waals surface area contributed by atoms with E-state index >= 15 is 0 Å². The maximum atomic E-state index is 3.66. The smallest absolute Gasteiger partial charge is 0.117 e. The third-order valence-electron chi connectivity index (χ3n) is 0.558. The van der Waals surface area contributed by atoms with Crippen LogP contribution in [-0.4, -0.2) is 6.54 Å². The molecular weight excluding hydrogens is 76.1 g/mol. The van der Waals surface area contributed by atoms with Crippen molar-refractivity contribution in [3.8, 4) is 0 Å². The summed E-state index contributed by atoms with van der Waals surface area (Å²) in [7, 11) is 0. The summed E-state index contributed by atoms with van der Waals surface area (Å²) in [5, 5.41) is 7.25. The molecule has 0 saturated heterocycles. The minimum atomic E-state index is 0.747. The molecule has 1 heterocycles. The molecule has 0 N–H and O–H groups in total. The Morgan fingerprint density at radius 2 is 2.50 bits per heavy atom. The largest absolute Gasteiger partial charge is 0.189 e. The molecule has 0 spiro atoms. The van der Waals surface area contributed by atoms with E-state index in [1.807, 2.05) is 12.2 Å². The predicted octanol–water partition coefficient (Wildman–Crippen LogP) is 1.17. The zero-order valence-corrected chi connectivity index (χ0v) is 3.33. The van der Waals surface area contributed by atoms with E-state index in [9.17, 15) is 0 Å². The van der Waals surface area contributed by atoms with Crippen LogP contribution in [0.5, 0.6) is 0 Å². The Morgan fingerprint density at radius 1 is 1.50 bits per heavy atom. The summed E-state index contributed by atoms with van der Waals surface area (Å²) < 4.78 is 0. The van der Waals surface area contributed by atoms with Gasteiger partial charge in [0, 0.05) is 0 Å². The van der Waals surface area contributed by atoms with E-state index in [2.05, 4.69) is 10.2 Å². The van der Waals surface area contributed by atoms with Crippen molar-refractivity contribution in [3.05, 3.63) is 18.7 Å². The molecule has 0 aromatic rings. The SMILES string of the molecule is [CH]1C=CCN=N1. The fourth-order valence-electron chi connectivity index (χ4n) is 0.302. The fraction of sp³-hybridized carbons (Fsp3) is 0.250. The van der Waals surface area contributed by atoms with E-state index < -0.39 is 0 Å². The van der Waals surface area contributed by atoms with Crippen LogP contribution in [-0.2, 0) is 0 Å². The average Bonchev–Trinajstić information content (AvgIpc) is 1.72. The molecule has 6 heavy (non-hydrogen) atoms. The van der Waals surface area contributed by atoms with Crippen LogP contribution in [0.2, 0.25) is 0 Å². The summed E-state index contributed by atoms with van der Waals surface area (Å²) in [6.45, 7) is 2.42. The highest BCUT2D eigenvalue weighted by molar-refractivity contribution is 4.96. The first kappa shape index (κ1) is 3.53. The second kappa shape index (κ2) is 1.70. The predicted molar refractivity (Wildman–Crippen MR) is 23.2 cm³/mol. The molecule has 0 fully saturated rings. The first-order valence-corrected chi connectivity index (χ1v) is 1.85. The van der Waals surface area contributed by atoms with E-state index in [4.69, 9.17) is 0 Å². The van der Waals surface area contributed by atoms with Gasteiger partial charge in [-0.25, -0.2) is 0 Å². The molecule has 0 atom stereocenters. The maximum absolute atomic E-state index is 3.66. The van der Waals surface area contributed by atoms with E-state index in [0.717, 1.165) is 6.54 Å². The minimum Gasteiger partial charge on any atom is -0.189 e. The van der Waals surface area contributed by atoms with Crippen LogP contribution in [0.1, 0.15) is 0 Å². The first-order chi connectivity index (χ1) is 3.00. The Hall–Kier alpha value is -0.660. The van der Waals surface area contributed by atoms with Gasteiger partial charge in [0.1, 0.15) is 6.54 Å². The van der Waals surface area contributed by atoms with Gasteiger partial charge in [0.2, 0.25) is 0 Å². The maximum Gasteiger partial charge on any atom is 0.117 e. The molecule has 0 amide bonds. The molecule has 31 valence electrons. The number of rotatable bonds is 0. The lowest BCUT2D eigenvalue weighted by molar-refractivity contribution is 1.00. The minimum absolute atomic E-state index is 0.747. The Bertz CT molecular complexity index is 63.5. The molecule has 0 saturated carbocycles. The van der Waals surface area contributed by atoms with Gasteiger partial charge in [-0.05, 0) is 0 Å². The summed E-state index contributed by atoms with van der Waals surface area (Å²) in [5.74, 6) is 0. The summed E-state index contributed by atoms with van der Waals surface area (Å²) >= 11 is 0. The highest BCUT2D eigenvalue weighted by Crippen LogP contribution is 1.91. The van der Waals surface area contributed by atoms with Crippen molar-refractivity contribution in [3.63, 3.8) is 0 Å². The van der Waals surface area contributed by atoms with Crippen LogP contribution < -0.4 is 0 Å². The Labute approximate surface area is 36.6 Å². The van der Waals surface area contributed by atoms with Crippen molar-refractivity contribution in [1.29, 1.82) is 0 Å². The number of azo groups is 1. The van der Waals surface area contributed by atoms with Crippen LogP contribution in [0.25, 0.3) is 0 Å². The highest BCUT2D eigenvalue weighted by Gasteiger charge is 1.78. The van der Waals surface area contributed by atoms with Gasteiger partial charge in [0.05, 0.1) is 6.54 Å². The highest BCUT2D eigenvalue weighted by atomic mass is 15.1. The van der Waals surface area contributed by atoms with Gasteiger partial charge in [-0.15, -0.1) is 0 Å². The van der Waals surface area contributed by atoms with Crippen molar-refractivity contribution in [2.24, 2.45) is 10.2 Å². The molecule has 2 heteroatoms. The molecule has 0 unspecified atom stereocenters. The molecule has 0 aliphatic carbocycles. The van der Waals surface area contributed by atoms with Crippen molar-refractivity contribution in [2.75, 3.05) is 6.54 Å². The van der Waals surface area contributed by atoms with Gasteiger partial charge >= 0.3 is 0 Å². The van der Waals surface area contributed by atoms with Crippen LogP contribution in [0, 0.1) is 6.54 Å². The van der Waals surface area contributed by atoms with Gasteiger partial charge in [0.25, 0.3) is 0 Å². The molecular formula is C4H5N2. The van der Waals surface area contributed by atoms with Crippen molar-refractivity contribution in [1.82, 2.24) is 0 Å². The van der Waals surface area contributed by atoms with Crippen molar-refractivity contribution < 1.29 is 0 Å². The molecule has 1 aliphatic rings. The monoisotopic (exact) mass is 81.0 g/mol. The lowest BCUT2D eigenvalue weighted by atomic mass is 10.5. The van der Waals surface area contributed by atoms with Crippen molar-refractivity contribution >= 4 is 0 Å². The number of hydrogen-bond donors (Lipinski definition) is 0. The zero-order valence-electron chi connectivity index (χ0n) is 3.33. The second-order valence-electron chi connectivity index (χ2n) is 1.02. The lowest BCUT2D eigenvalue weighted by Crippen LogP contribution is -1.74. The van der Waals surface area contributed by atoms with Crippen LogP contribution >= 0.6 is 0 Å². The van der Waals surface area contributed by atoms with Gasteiger partial charge in [0.15, 0.2) is 0 Å². The quantitative estimate of drug-likeness (QED) is 0.418. The van der Waals surface area contributed by atoms with Gasteiger partial charge in [-0.2, -0.15) is 10.2 Å². The topological polar surface area (TPSA) is 24.7 Å². The van der Waals surface area contributed by atoms with Gasteiger partial charge in [-0.3, -0.25) is 0 Å². The number of nitrogens with zero attached hydrogens (tertiary/aromatic N) is 2. The fourth-order valence-corrected chi connectivity index (χ4v) is 0.302. The summed E-state index contributed by atoms with van der Waals surface area (Å²) in [5.41, 5.74) is 0. The van der Waals surface area contributed by atoms with Crippen LogP contribution in [0.4, 0.5) is 0 Å². The molecule has 0 bridgehead atoms. The molecule has 0 aromatic carbocycles. The van der Waals surface area contributed by atoms with E-state index in [1.165, 1.54) is 0 Å². The molecule has 1 radical (unpaired) electrons. The summed E-state index contributed by atoms with van der Waals surface area (Å²) in [4.78, 5) is 0. The Balaban J connectivity index is 2.40. The van der Waals surface area contributed by atoms with Crippen LogP contribution in [0.3, 0.4) is 0 Å². The lowest BCUT2D eigenvalue weighted by Gasteiger charge is -1.86. The van der Waals surface area contributed by atoms with Gasteiger partial charge in [-0.1, -0.05) is 12.2 Å². The molecule has 0 aromatic heterocycles. The molecule has 1 rings (SSSR count). The number of hydrogen-bond acceptors (Lipinski definition) is 2. The Morgan fingerprint density at radius 3 is 2.67 bits per heavy atom. The standard InChI is InChI=1S/C4H5N2/c1-2-4-6-5-3-1/h1-3H,4H2. The van der Waals surface area contributed by atoms with E-state index in [0.29, 0.717) is 0 Å². The van der Waals surface area contributed by atoms with Crippen LogP contribution in [0.15, 0.2) is 22.4 Å². The second-order valence-corrected chi connectivity index (χ2v) is 1.02. The Kier molecular flexibility index (Phi) is 0.998. The normalized spacial score (nSPS) is 18.7. The average molecular weight is 81.1 g/mol. The van der Waals surface area contributed by atoms with Crippen molar-refractivity contribution in [2.45, 2.75) is 0 Å². The summed E-state index contributed by atoms with van der Waals surface area (Å²) in [6, 6.07) is 0. The first-order valence-electron chi connectivity index (χ1n) is 1.85. The van der Waals surface area contributed by atoms with E-state index in [-0.39, 0.29) is 0 Å². The molecule has 2 nitrogen and oxygen atoms in total. The summed E-state index contributed by atoms with van der Waals surface area (Å²) in [6.07, 6.45) is 3.83. The molecule has 1 aliphatic heterocycles. The van der Waals surface area contributed by atoms with E-state index in [1.54, 1.807) is 6.54 Å². The third kappa shape index (κ3) is 0.641. The zero-order chi connectivity index (χ0) is 4.24.